The van der Waals surface area contributed by atoms with Crippen molar-refractivity contribution < 1.29 is 4.39 Å². The molecule has 0 amide bonds. The fourth-order valence-corrected chi connectivity index (χ4v) is 2.92. The van der Waals surface area contributed by atoms with Gasteiger partial charge in [0.15, 0.2) is 0 Å². The lowest BCUT2D eigenvalue weighted by Gasteiger charge is -2.23. The van der Waals surface area contributed by atoms with E-state index in [1.165, 1.54) is 6.07 Å². The molecule has 0 saturated carbocycles. The van der Waals surface area contributed by atoms with E-state index in [0.717, 1.165) is 22.6 Å². The number of fused-ring (bicyclic) bond motifs is 1. The summed E-state index contributed by atoms with van der Waals surface area (Å²) in [4.78, 5) is 0.809. The lowest BCUT2D eigenvalue weighted by atomic mass is 9.96. The van der Waals surface area contributed by atoms with Gasteiger partial charge in [0.2, 0.25) is 0 Å². The minimum Gasteiger partial charge on any atom is -0.330 e. The molecule has 3 heteroatoms. The molecule has 0 fully saturated rings. The third-order valence-corrected chi connectivity index (χ3v) is 3.59. The number of halogens is 1. The van der Waals surface area contributed by atoms with Crippen molar-refractivity contribution in [2.75, 3.05) is 12.3 Å². The summed E-state index contributed by atoms with van der Waals surface area (Å²) >= 11 is 1.60. The average molecular weight is 197 g/mol. The van der Waals surface area contributed by atoms with Crippen LogP contribution in [0.4, 0.5) is 4.39 Å². The second-order valence-corrected chi connectivity index (χ2v) is 4.33. The van der Waals surface area contributed by atoms with Crippen LogP contribution in [0.2, 0.25) is 0 Å². The van der Waals surface area contributed by atoms with E-state index >= 15 is 0 Å². The first kappa shape index (κ1) is 9.03. The van der Waals surface area contributed by atoms with Crippen molar-refractivity contribution in [3.63, 3.8) is 0 Å². The molecule has 0 aliphatic carbocycles. The summed E-state index contributed by atoms with van der Waals surface area (Å²) in [7, 11) is 0. The fourth-order valence-electron chi connectivity index (χ4n) is 1.70. The van der Waals surface area contributed by atoms with Gasteiger partial charge in [0.25, 0.3) is 0 Å². The summed E-state index contributed by atoms with van der Waals surface area (Å²) < 4.78 is 13.3. The molecule has 13 heavy (non-hydrogen) atoms. The molecule has 1 aromatic rings. The van der Waals surface area contributed by atoms with Crippen molar-refractivity contribution in [2.45, 2.75) is 17.2 Å². The van der Waals surface area contributed by atoms with Crippen LogP contribution >= 0.6 is 11.8 Å². The van der Waals surface area contributed by atoms with Crippen LogP contribution < -0.4 is 5.73 Å². The molecule has 1 aromatic carbocycles. The topological polar surface area (TPSA) is 26.0 Å². The highest BCUT2D eigenvalue weighted by Gasteiger charge is 2.21. The number of nitrogens with two attached hydrogens (primary N) is 1. The van der Waals surface area contributed by atoms with Gasteiger partial charge < -0.3 is 5.73 Å². The summed E-state index contributed by atoms with van der Waals surface area (Å²) in [5.74, 6) is 1.24. The van der Waals surface area contributed by atoms with Crippen LogP contribution in [0.25, 0.3) is 0 Å². The molecule has 1 nitrogen and oxygen atoms in total. The Morgan fingerprint density at radius 3 is 3.15 bits per heavy atom. The summed E-state index contributed by atoms with van der Waals surface area (Å²) in [5.41, 5.74) is 6.73. The van der Waals surface area contributed by atoms with Gasteiger partial charge in [-0.2, -0.15) is 0 Å². The molecule has 1 aliphatic rings. The van der Waals surface area contributed by atoms with Crippen molar-refractivity contribution in [3.05, 3.63) is 29.6 Å². The zero-order chi connectivity index (χ0) is 9.26. The highest BCUT2D eigenvalue weighted by atomic mass is 32.2. The van der Waals surface area contributed by atoms with E-state index in [-0.39, 0.29) is 5.82 Å². The molecule has 2 N–H and O–H groups in total. The monoisotopic (exact) mass is 197 g/mol. The first-order valence-corrected chi connectivity index (χ1v) is 5.42. The van der Waals surface area contributed by atoms with Crippen LogP contribution in [0.1, 0.15) is 17.9 Å². The molecule has 0 radical (unpaired) electrons. The molecule has 70 valence electrons. The van der Waals surface area contributed by atoms with Gasteiger partial charge in [-0.25, -0.2) is 4.39 Å². The van der Waals surface area contributed by atoms with Crippen LogP contribution in [0, 0.1) is 5.82 Å². The Labute approximate surface area is 81.5 Å². The van der Waals surface area contributed by atoms with E-state index in [0.29, 0.717) is 12.5 Å². The Kier molecular flexibility index (Phi) is 2.56. The third-order valence-electron chi connectivity index (χ3n) is 2.43. The Morgan fingerprint density at radius 1 is 1.54 bits per heavy atom. The normalized spacial score (nSPS) is 21.2. The van der Waals surface area contributed by atoms with Crippen molar-refractivity contribution in [3.8, 4) is 0 Å². The van der Waals surface area contributed by atoms with Crippen LogP contribution in [0.15, 0.2) is 23.1 Å². The van der Waals surface area contributed by atoms with Crippen molar-refractivity contribution in [1.29, 1.82) is 0 Å². The first-order valence-electron chi connectivity index (χ1n) is 4.44. The van der Waals surface area contributed by atoms with Crippen LogP contribution in [-0.4, -0.2) is 12.3 Å². The summed E-state index contributed by atoms with van der Waals surface area (Å²) in [6.45, 7) is 0.622. The molecule has 2 rings (SSSR count). The zero-order valence-electron chi connectivity index (χ0n) is 7.29. The van der Waals surface area contributed by atoms with Crippen molar-refractivity contribution in [1.82, 2.24) is 0 Å². The van der Waals surface area contributed by atoms with Crippen LogP contribution in [-0.2, 0) is 0 Å². The first-order chi connectivity index (χ1) is 6.33. The van der Waals surface area contributed by atoms with Crippen LogP contribution in [0.3, 0.4) is 0 Å². The number of benzene rings is 1. The molecule has 0 aromatic heterocycles. The quantitative estimate of drug-likeness (QED) is 0.748. The molecule has 0 saturated heterocycles. The lowest BCUT2D eigenvalue weighted by molar-refractivity contribution is 0.575. The smallest absolute Gasteiger partial charge is 0.137 e. The molecule has 1 unspecified atom stereocenters. The minimum absolute atomic E-state index is 0.0966. The van der Waals surface area contributed by atoms with Gasteiger partial charge in [-0.3, -0.25) is 0 Å². The predicted octanol–water partition coefficient (Wildman–Crippen LogP) is 2.36. The van der Waals surface area contributed by atoms with Gasteiger partial charge in [0, 0.05) is 4.90 Å². The Balaban J connectivity index is 2.45. The van der Waals surface area contributed by atoms with E-state index in [4.69, 9.17) is 5.73 Å². The second-order valence-electron chi connectivity index (χ2n) is 3.23. The molecule has 0 spiro atoms. The molecular formula is C10H12FNS. The lowest BCUT2D eigenvalue weighted by Crippen LogP contribution is -2.17. The van der Waals surface area contributed by atoms with Gasteiger partial charge in [-0.15, -0.1) is 11.8 Å². The minimum atomic E-state index is -0.0966. The van der Waals surface area contributed by atoms with Gasteiger partial charge >= 0.3 is 0 Å². The number of thioether (sulfide) groups is 1. The summed E-state index contributed by atoms with van der Waals surface area (Å²) in [5, 5.41) is 0. The maximum atomic E-state index is 13.3. The van der Waals surface area contributed by atoms with E-state index in [9.17, 15) is 4.39 Å². The largest absolute Gasteiger partial charge is 0.330 e. The SMILES string of the molecule is NCC1CCSc2c(F)cccc21. The van der Waals surface area contributed by atoms with E-state index in [1.807, 2.05) is 6.07 Å². The molecule has 0 bridgehead atoms. The fraction of sp³-hybridized carbons (Fsp3) is 0.400. The van der Waals surface area contributed by atoms with Crippen molar-refractivity contribution in [2.24, 2.45) is 5.73 Å². The molecular weight excluding hydrogens is 185 g/mol. The van der Waals surface area contributed by atoms with Gasteiger partial charge in [0.05, 0.1) is 0 Å². The van der Waals surface area contributed by atoms with E-state index < -0.39 is 0 Å². The van der Waals surface area contributed by atoms with E-state index in [1.54, 1.807) is 17.8 Å². The average Bonchev–Trinajstić information content (AvgIpc) is 2.18. The Hall–Kier alpha value is -0.540. The van der Waals surface area contributed by atoms with Gasteiger partial charge in [-0.1, -0.05) is 12.1 Å². The Bertz CT molecular complexity index is 314. The van der Waals surface area contributed by atoms with Crippen LogP contribution in [0.5, 0.6) is 0 Å². The highest BCUT2D eigenvalue weighted by molar-refractivity contribution is 7.99. The Morgan fingerprint density at radius 2 is 2.38 bits per heavy atom. The maximum absolute atomic E-state index is 13.3. The molecule has 1 aliphatic heterocycles. The molecule has 1 heterocycles. The van der Waals surface area contributed by atoms with Gasteiger partial charge in [-0.05, 0) is 36.3 Å². The molecule has 1 atom stereocenters. The summed E-state index contributed by atoms with van der Waals surface area (Å²) in [6, 6.07) is 5.27. The zero-order valence-corrected chi connectivity index (χ0v) is 8.11. The summed E-state index contributed by atoms with van der Waals surface area (Å²) in [6.07, 6.45) is 1.07. The standard InChI is InChI=1S/C10H12FNS/c11-9-3-1-2-8-7(6-12)4-5-13-10(8)9/h1-3,7H,4-6,12H2. The van der Waals surface area contributed by atoms with Crippen molar-refractivity contribution >= 4 is 11.8 Å². The van der Waals surface area contributed by atoms with E-state index in [2.05, 4.69) is 0 Å². The number of hydrogen-bond donors (Lipinski definition) is 1. The predicted molar refractivity (Wildman–Crippen MR) is 53.5 cm³/mol. The maximum Gasteiger partial charge on any atom is 0.137 e. The third kappa shape index (κ3) is 1.58. The second kappa shape index (κ2) is 3.68. The highest BCUT2D eigenvalue weighted by Crippen LogP contribution is 2.38. The van der Waals surface area contributed by atoms with Gasteiger partial charge in [0.1, 0.15) is 5.82 Å². The number of hydrogen-bond acceptors (Lipinski definition) is 2. The number of rotatable bonds is 1.